The molecule has 0 unspecified atom stereocenters. The topological polar surface area (TPSA) is 89.2 Å². The summed E-state index contributed by atoms with van der Waals surface area (Å²) in [6, 6.07) is 2.33. The zero-order chi connectivity index (χ0) is 13.7. The van der Waals surface area contributed by atoms with Gasteiger partial charge in [0.1, 0.15) is 0 Å². The van der Waals surface area contributed by atoms with Crippen LogP contribution in [0.25, 0.3) is 0 Å². The maximum Gasteiger partial charge on any atom is 0.323 e. The first kappa shape index (κ1) is 13.5. The van der Waals surface area contributed by atoms with Crippen molar-refractivity contribution in [2.75, 3.05) is 24.0 Å². The lowest BCUT2D eigenvalue weighted by Gasteiger charge is -2.17. The van der Waals surface area contributed by atoms with Crippen molar-refractivity contribution in [3.8, 4) is 6.01 Å². The van der Waals surface area contributed by atoms with Crippen LogP contribution >= 0.6 is 11.3 Å². The van der Waals surface area contributed by atoms with Crippen molar-refractivity contribution < 1.29 is 4.74 Å². The molecule has 0 fully saturated rings. The monoisotopic (exact) mass is 280 g/mol. The predicted molar refractivity (Wildman–Crippen MR) is 75.2 cm³/mol. The number of nitrogens with two attached hydrogens (primary N) is 1. The van der Waals surface area contributed by atoms with Crippen molar-refractivity contribution in [3.63, 3.8) is 0 Å². The summed E-state index contributed by atoms with van der Waals surface area (Å²) in [6.45, 7) is 3.07. The summed E-state index contributed by atoms with van der Waals surface area (Å²) in [6.07, 6.45) is 0. The van der Waals surface area contributed by atoms with Crippen LogP contribution in [-0.4, -0.2) is 28.6 Å². The Morgan fingerprint density at radius 1 is 1.42 bits per heavy atom. The predicted octanol–water partition coefficient (Wildman–Crippen LogP) is 1.25. The minimum absolute atomic E-state index is 0.262. The molecule has 0 aliphatic rings. The molecule has 0 saturated heterocycles. The molecule has 0 amide bonds. The summed E-state index contributed by atoms with van der Waals surface area (Å²) in [5, 5.41) is 4.12. The van der Waals surface area contributed by atoms with Gasteiger partial charge in [-0.15, -0.1) is 0 Å². The van der Waals surface area contributed by atoms with E-state index in [1.807, 2.05) is 24.3 Å². The van der Waals surface area contributed by atoms with E-state index in [1.165, 1.54) is 5.56 Å². The van der Waals surface area contributed by atoms with Gasteiger partial charge in [0.2, 0.25) is 11.9 Å². The van der Waals surface area contributed by atoms with Gasteiger partial charge in [0.15, 0.2) is 0 Å². The molecule has 2 rings (SSSR count). The molecule has 19 heavy (non-hydrogen) atoms. The van der Waals surface area contributed by atoms with Crippen LogP contribution < -0.4 is 20.9 Å². The van der Waals surface area contributed by atoms with Gasteiger partial charge in [0, 0.05) is 13.6 Å². The van der Waals surface area contributed by atoms with Crippen molar-refractivity contribution in [1.29, 1.82) is 0 Å². The van der Waals surface area contributed by atoms with Gasteiger partial charge in [0.05, 0.1) is 6.61 Å². The summed E-state index contributed by atoms with van der Waals surface area (Å²) < 4.78 is 5.29. The molecule has 2 aromatic rings. The van der Waals surface area contributed by atoms with Gasteiger partial charge in [-0.1, -0.05) is 0 Å². The van der Waals surface area contributed by atoms with Crippen molar-refractivity contribution in [2.45, 2.75) is 13.5 Å². The van der Waals surface area contributed by atoms with Crippen LogP contribution in [0.4, 0.5) is 11.9 Å². The third kappa shape index (κ3) is 3.52. The van der Waals surface area contributed by atoms with Gasteiger partial charge in [-0.2, -0.15) is 26.3 Å². The average Bonchev–Trinajstić information content (AvgIpc) is 2.91. The van der Waals surface area contributed by atoms with E-state index in [9.17, 15) is 0 Å². The quantitative estimate of drug-likeness (QED) is 0.608. The normalized spacial score (nSPS) is 10.3. The van der Waals surface area contributed by atoms with E-state index in [0.717, 1.165) is 0 Å². The SMILES string of the molecule is CCOc1nc(NN)nc(N(C)Cc2ccsc2)n1. The van der Waals surface area contributed by atoms with Crippen LogP contribution in [0.1, 0.15) is 12.5 Å². The Bertz CT molecular complexity index is 518. The fourth-order valence-corrected chi connectivity index (χ4v) is 2.16. The fraction of sp³-hybridized carbons (Fsp3) is 0.364. The van der Waals surface area contributed by atoms with E-state index < -0.39 is 0 Å². The molecule has 0 bridgehead atoms. The number of hydrogen-bond donors (Lipinski definition) is 2. The number of rotatable bonds is 6. The summed E-state index contributed by atoms with van der Waals surface area (Å²) in [4.78, 5) is 14.4. The first-order valence-corrected chi connectivity index (χ1v) is 6.75. The number of nitrogens with one attached hydrogen (secondary N) is 1. The highest BCUT2D eigenvalue weighted by molar-refractivity contribution is 7.07. The summed E-state index contributed by atoms with van der Waals surface area (Å²) in [5.41, 5.74) is 3.62. The van der Waals surface area contributed by atoms with Crippen molar-refractivity contribution in [3.05, 3.63) is 22.4 Å². The molecule has 102 valence electrons. The van der Waals surface area contributed by atoms with Gasteiger partial charge >= 0.3 is 6.01 Å². The van der Waals surface area contributed by atoms with Crippen LogP contribution in [0.5, 0.6) is 6.01 Å². The molecule has 0 aliphatic heterocycles. The number of hydrazine groups is 1. The van der Waals surface area contributed by atoms with E-state index in [-0.39, 0.29) is 12.0 Å². The Morgan fingerprint density at radius 3 is 2.89 bits per heavy atom. The van der Waals surface area contributed by atoms with Gasteiger partial charge in [-0.3, -0.25) is 5.43 Å². The smallest absolute Gasteiger partial charge is 0.323 e. The number of hydrogen-bond acceptors (Lipinski definition) is 8. The number of thiophene rings is 1. The molecule has 8 heteroatoms. The highest BCUT2D eigenvalue weighted by atomic mass is 32.1. The third-order valence-electron chi connectivity index (χ3n) is 2.35. The average molecular weight is 280 g/mol. The van der Waals surface area contributed by atoms with Crippen molar-refractivity contribution in [1.82, 2.24) is 15.0 Å². The van der Waals surface area contributed by atoms with E-state index in [4.69, 9.17) is 10.6 Å². The second-order valence-corrected chi connectivity index (χ2v) is 4.59. The maximum atomic E-state index is 5.34. The van der Waals surface area contributed by atoms with Gasteiger partial charge < -0.3 is 9.64 Å². The lowest BCUT2D eigenvalue weighted by atomic mass is 10.3. The van der Waals surface area contributed by atoms with Crippen molar-refractivity contribution in [2.24, 2.45) is 5.84 Å². The number of nitrogens with zero attached hydrogens (tertiary/aromatic N) is 4. The summed E-state index contributed by atoms with van der Waals surface area (Å²) in [5.74, 6) is 6.14. The number of ether oxygens (including phenoxy) is 1. The van der Waals surface area contributed by atoms with E-state index in [2.05, 4.69) is 31.8 Å². The van der Waals surface area contributed by atoms with Crippen LogP contribution in [0.15, 0.2) is 16.8 Å². The highest BCUT2D eigenvalue weighted by Crippen LogP contribution is 2.16. The van der Waals surface area contributed by atoms with Gasteiger partial charge in [-0.05, 0) is 29.3 Å². The van der Waals surface area contributed by atoms with Crippen LogP contribution in [0, 0.1) is 0 Å². The number of nitrogen functional groups attached to an aromatic ring is 1. The molecule has 0 aromatic carbocycles. The molecule has 0 spiro atoms. The second kappa shape index (κ2) is 6.30. The van der Waals surface area contributed by atoms with E-state index in [0.29, 0.717) is 19.1 Å². The minimum Gasteiger partial charge on any atom is -0.464 e. The molecular formula is C11H16N6OS. The number of anilines is 2. The largest absolute Gasteiger partial charge is 0.464 e. The van der Waals surface area contributed by atoms with Crippen molar-refractivity contribution >= 4 is 23.2 Å². The Kier molecular flexibility index (Phi) is 4.48. The Hall–Kier alpha value is -1.93. The zero-order valence-corrected chi connectivity index (χ0v) is 11.6. The van der Waals surface area contributed by atoms with Crippen LogP contribution in [0.3, 0.4) is 0 Å². The molecule has 2 aromatic heterocycles. The summed E-state index contributed by atoms with van der Waals surface area (Å²) in [7, 11) is 1.91. The molecule has 2 heterocycles. The molecule has 3 N–H and O–H groups in total. The van der Waals surface area contributed by atoms with E-state index in [1.54, 1.807) is 11.3 Å². The Morgan fingerprint density at radius 2 is 2.26 bits per heavy atom. The fourth-order valence-electron chi connectivity index (χ4n) is 1.50. The standard InChI is InChI=1S/C11H16N6OS/c1-3-18-11-14-9(16-12)13-10(15-11)17(2)6-8-4-5-19-7-8/h4-5,7H,3,6,12H2,1-2H3,(H,13,14,15,16). The van der Waals surface area contributed by atoms with Crippen LogP contribution in [0.2, 0.25) is 0 Å². The highest BCUT2D eigenvalue weighted by Gasteiger charge is 2.11. The third-order valence-corrected chi connectivity index (χ3v) is 3.08. The molecule has 0 atom stereocenters. The molecule has 0 radical (unpaired) electrons. The first-order chi connectivity index (χ1) is 9.22. The number of aromatic nitrogens is 3. The Labute approximate surface area is 115 Å². The van der Waals surface area contributed by atoms with E-state index >= 15 is 0 Å². The molecule has 0 aliphatic carbocycles. The molecular weight excluding hydrogens is 264 g/mol. The lowest BCUT2D eigenvalue weighted by molar-refractivity contribution is 0.312. The molecule has 7 nitrogen and oxygen atoms in total. The van der Waals surface area contributed by atoms with Crippen LogP contribution in [-0.2, 0) is 6.54 Å². The summed E-state index contributed by atoms with van der Waals surface area (Å²) >= 11 is 1.66. The zero-order valence-electron chi connectivity index (χ0n) is 10.8. The second-order valence-electron chi connectivity index (χ2n) is 3.81. The van der Waals surface area contributed by atoms with Gasteiger partial charge in [0.25, 0.3) is 0 Å². The van der Waals surface area contributed by atoms with Gasteiger partial charge in [-0.25, -0.2) is 5.84 Å². The first-order valence-electron chi connectivity index (χ1n) is 5.80. The Balaban J connectivity index is 2.19. The molecule has 0 saturated carbocycles. The minimum atomic E-state index is 0.262. The lowest BCUT2D eigenvalue weighted by Crippen LogP contribution is -2.21. The maximum absolute atomic E-state index is 5.34.